The fourth-order valence-electron chi connectivity index (χ4n) is 4.82. The molecule has 1 atom stereocenters. The summed E-state index contributed by atoms with van der Waals surface area (Å²) in [5.41, 5.74) is 0. The fraction of sp³-hybridized carbons (Fsp3) is 1.00. The molecular weight excluding hydrogens is 174 g/mol. The lowest BCUT2D eigenvalue weighted by atomic mass is 9.51. The topological polar surface area (TPSA) is 35.2 Å². The van der Waals surface area contributed by atoms with E-state index in [-0.39, 0.29) is 6.10 Å². The Hall–Kier alpha value is -0.0800. The molecule has 0 amide bonds. The quantitative estimate of drug-likeness (QED) is 0.686. The van der Waals surface area contributed by atoms with Crippen LogP contribution in [-0.2, 0) is 4.84 Å². The second-order valence-corrected chi connectivity index (χ2v) is 5.85. The average Bonchev–Trinajstić information content (AvgIpc) is 2.15. The van der Waals surface area contributed by atoms with Gasteiger partial charge in [-0.05, 0) is 68.6 Å². The highest BCUT2D eigenvalue weighted by Crippen LogP contribution is 2.57. The van der Waals surface area contributed by atoms with Gasteiger partial charge in [0, 0.05) is 0 Å². The molecule has 0 aromatic heterocycles. The van der Waals surface area contributed by atoms with Gasteiger partial charge in [0.05, 0.1) is 6.10 Å². The Labute approximate surface area is 86.1 Å². The molecule has 14 heavy (non-hydrogen) atoms. The third-order valence-corrected chi connectivity index (χ3v) is 5.06. The van der Waals surface area contributed by atoms with E-state index in [1.807, 2.05) is 0 Å². The van der Waals surface area contributed by atoms with Crippen molar-refractivity contribution in [1.82, 2.24) is 0 Å². The van der Waals surface area contributed by atoms with Gasteiger partial charge >= 0.3 is 0 Å². The Bertz CT molecular complexity index is 200. The van der Waals surface area contributed by atoms with E-state index >= 15 is 0 Å². The zero-order valence-electron chi connectivity index (χ0n) is 8.99. The van der Waals surface area contributed by atoms with Crippen LogP contribution in [0.1, 0.15) is 39.0 Å². The van der Waals surface area contributed by atoms with Crippen molar-refractivity contribution in [1.29, 1.82) is 0 Å². The van der Waals surface area contributed by atoms with E-state index in [0.29, 0.717) is 0 Å². The monoisotopic (exact) mass is 195 g/mol. The van der Waals surface area contributed by atoms with Crippen LogP contribution in [0.5, 0.6) is 0 Å². The molecule has 2 nitrogen and oxygen atoms in total. The van der Waals surface area contributed by atoms with Gasteiger partial charge in [-0.2, -0.15) is 0 Å². The molecule has 0 spiro atoms. The van der Waals surface area contributed by atoms with Crippen molar-refractivity contribution < 1.29 is 4.84 Å². The van der Waals surface area contributed by atoms with E-state index in [4.69, 9.17) is 10.7 Å². The van der Waals surface area contributed by atoms with Gasteiger partial charge in [-0.3, -0.25) is 0 Å². The molecule has 4 fully saturated rings. The number of hydrogen-bond donors (Lipinski definition) is 1. The summed E-state index contributed by atoms with van der Waals surface area (Å²) >= 11 is 0. The first-order chi connectivity index (χ1) is 6.78. The lowest BCUT2D eigenvalue weighted by Crippen LogP contribution is -2.49. The Morgan fingerprint density at radius 1 is 1.00 bits per heavy atom. The van der Waals surface area contributed by atoms with Crippen molar-refractivity contribution in [2.24, 2.45) is 35.5 Å². The highest BCUT2D eigenvalue weighted by Gasteiger charge is 2.49. The molecule has 0 aromatic carbocycles. The summed E-state index contributed by atoms with van der Waals surface area (Å²) in [6, 6.07) is 0. The van der Waals surface area contributed by atoms with Gasteiger partial charge < -0.3 is 4.84 Å². The summed E-state index contributed by atoms with van der Waals surface area (Å²) in [5.74, 6) is 10.1. The Kier molecular flexibility index (Phi) is 2.10. The molecular formula is C12H21NO. The van der Waals surface area contributed by atoms with Crippen molar-refractivity contribution in [2.45, 2.75) is 45.1 Å². The lowest BCUT2D eigenvalue weighted by molar-refractivity contribution is -0.106. The summed E-state index contributed by atoms with van der Waals surface area (Å²) in [5, 5.41) is 0. The van der Waals surface area contributed by atoms with Crippen molar-refractivity contribution in [3.05, 3.63) is 0 Å². The standard InChI is InChI=1S/C12H21NO/c1-7(14-13)12-10-3-8-2-9(5-10)6-11(12)4-8/h7-12H,2-6,13H2,1H3. The predicted molar refractivity (Wildman–Crippen MR) is 55.3 cm³/mol. The van der Waals surface area contributed by atoms with Gasteiger partial charge in [0.15, 0.2) is 0 Å². The second kappa shape index (κ2) is 3.21. The molecule has 4 saturated carbocycles. The van der Waals surface area contributed by atoms with Gasteiger partial charge in [0.25, 0.3) is 0 Å². The van der Waals surface area contributed by atoms with E-state index in [1.54, 1.807) is 0 Å². The van der Waals surface area contributed by atoms with Crippen LogP contribution in [0.4, 0.5) is 0 Å². The molecule has 4 aliphatic carbocycles. The van der Waals surface area contributed by atoms with Crippen LogP contribution in [0.3, 0.4) is 0 Å². The Morgan fingerprint density at radius 2 is 1.50 bits per heavy atom. The predicted octanol–water partition coefficient (Wildman–Crippen LogP) is 2.34. The lowest BCUT2D eigenvalue weighted by Gasteiger charge is -2.55. The minimum atomic E-state index is 0.282. The third-order valence-electron chi connectivity index (χ3n) is 5.06. The van der Waals surface area contributed by atoms with E-state index in [0.717, 1.165) is 29.6 Å². The molecule has 4 aliphatic rings. The highest BCUT2D eigenvalue weighted by molar-refractivity contribution is 4.99. The van der Waals surface area contributed by atoms with Crippen LogP contribution in [0, 0.1) is 29.6 Å². The molecule has 80 valence electrons. The smallest absolute Gasteiger partial charge is 0.0792 e. The molecule has 1 unspecified atom stereocenters. The van der Waals surface area contributed by atoms with Crippen LogP contribution in [0.2, 0.25) is 0 Å². The molecule has 4 bridgehead atoms. The molecule has 0 saturated heterocycles. The van der Waals surface area contributed by atoms with Crippen molar-refractivity contribution in [3.8, 4) is 0 Å². The first kappa shape index (κ1) is 9.17. The summed E-state index contributed by atoms with van der Waals surface area (Å²) in [6.07, 6.45) is 7.66. The SMILES string of the molecule is CC(ON)C1C2CC3CC(C2)CC1C3. The summed E-state index contributed by atoms with van der Waals surface area (Å²) in [4.78, 5) is 5.08. The van der Waals surface area contributed by atoms with E-state index in [9.17, 15) is 0 Å². The largest absolute Gasteiger partial charge is 0.301 e. The van der Waals surface area contributed by atoms with Crippen molar-refractivity contribution in [3.63, 3.8) is 0 Å². The summed E-state index contributed by atoms with van der Waals surface area (Å²) < 4.78 is 0. The summed E-state index contributed by atoms with van der Waals surface area (Å²) in [7, 11) is 0. The normalized spacial score (nSPS) is 52.3. The Morgan fingerprint density at radius 3 is 1.93 bits per heavy atom. The van der Waals surface area contributed by atoms with Gasteiger partial charge in [0.2, 0.25) is 0 Å². The zero-order valence-corrected chi connectivity index (χ0v) is 8.99. The first-order valence-electron chi connectivity index (χ1n) is 6.13. The fourth-order valence-corrected chi connectivity index (χ4v) is 4.82. The van der Waals surface area contributed by atoms with Gasteiger partial charge in [-0.1, -0.05) is 0 Å². The first-order valence-corrected chi connectivity index (χ1v) is 6.13. The molecule has 2 N–H and O–H groups in total. The second-order valence-electron chi connectivity index (χ2n) is 5.85. The number of rotatable bonds is 2. The minimum Gasteiger partial charge on any atom is -0.301 e. The number of hydrogen-bond acceptors (Lipinski definition) is 2. The Balaban J connectivity index is 1.81. The molecule has 2 heteroatoms. The maximum Gasteiger partial charge on any atom is 0.0792 e. The third kappa shape index (κ3) is 1.24. The maximum atomic E-state index is 5.35. The number of nitrogens with two attached hydrogens (primary N) is 1. The zero-order chi connectivity index (χ0) is 9.71. The molecule has 0 aliphatic heterocycles. The molecule has 4 rings (SSSR count). The van der Waals surface area contributed by atoms with E-state index < -0.39 is 0 Å². The van der Waals surface area contributed by atoms with Crippen molar-refractivity contribution in [2.75, 3.05) is 0 Å². The van der Waals surface area contributed by atoms with Crippen LogP contribution in [0.25, 0.3) is 0 Å². The van der Waals surface area contributed by atoms with Gasteiger partial charge in [0.1, 0.15) is 0 Å². The molecule has 0 heterocycles. The molecule has 0 aromatic rings. The van der Waals surface area contributed by atoms with Gasteiger partial charge in [-0.25, -0.2) is 5.90 Å². The minimum absolute atomic E-state index is 0.282. The average molecular weight is 195 g/mol. The molecule has 0 radical (unpaired) electrons. The summed E-state index contributed by atoms with van der Waals surface area (Å²) in [6.45, 7) is 2.16. The maximum absolute atomic E-state index is 5.35. The van der Waals surface area contributed by atoms with Gasteiger partial charge in [-0.15, -0.1) is 0 Å². The van der Waals surface area contributed by atoms with Crippen LogP contribution >= 0.6 is 0 Å². The van der Waals surface area contributed by atoms with E-state index in [2.05, 4.69) is 6.92 Å². The van der Waals surface area contributed by atoms with Crippen molar-refractivity contribution >= 4 is 0 Å². The van der Waals surface area contributed by atoms with E-state index in [1.165, 1.54) is 32.1 Å². The van der Waals surface area contributed by atoms with Crippen LogP contribution in [-0.4, -0.2) is 6.10 Å². The van der Waals surface area contributed by atoms with Crippen LogP contribution < -0.4 is 5.90 Å². The van der Waals surface area contributed by atoms with Crippen LogP contribution in [0.15, 0.2) is 0 Å². The highest BCUT2D eigenvalue weighted by atomic mass is 16.6.